The molecule has 0 atom stereocenters. The van der Waals surface area contributed by atoms with Crippen LogP contribution in [-0.2, 0) is 0 Å². The minimum atomic E-state index is 0.0185. The molecule has 110 valence electrons. The molecule has 0 aliphatic rings. The number of nitrogens with zero attached hydrogens (tertiary/aromatic N) is 1. The van der Waals surface area contributed by atoms with Gasteiger partial charge in [0.15, 0.2) is 0 Å². The van der Waals surface area contributed by atoms with Gasteiger partial charge in [0.05, 0.1) is 0 Å². The third kappa shape index (κ3) is 3.39. The molecular formula is C17H17Cl2NO. The summed E-state index contributed by atoms with van der Waals surface area (Å²) in [7, 11) is 0. The van der Waals surface area contributed by atoms with Gasteiger partial charge in [-0.3, -0.25) is 4.79 Å². The summed E-state index contributed by atoms with van der Waals surface area (Å²) in [5, 5.41) is 1.16. The van der Waals surface area contributed by atoms with Crippen molar-refractivity contribution >= 4 is 29.1 Å². The SMILES string of the molecule is CCN(CC)C(=O)c1cccc(-c2c(Cl)cccc2Cl)c1. The first-order valence-electron chi connectivity index (χ1n) is 6.92. The Hall–Kier alpha value is -1.51. The van der Waals surface area contributed by atoms with E-state index in [4.69, 9.17) is 23.2 Å². The second-order valence-electron chi connectivity index (χ2n) is 4.65. The molecule has 2 nitrogen and oxygen atoms in total. The lowest BCUT2D eigenvalue weighted by molar-refractivity contribution is 0.0773. The monoisotopic (exact) mass is 321 g/mol. The predicted molar refractivity (Wildman–Crippen MR) is 89.1 cm³/mol. The summed E-state index contributed by atoms with van der Waals surface area (Å²) in [6.07, 6.45) is 0. The highest BCUT2D eigenvalue weighted by atomic mass is 35.5. The Balaban J connectivity index is 2.45. The number of benzene rings is 2. The summed E-state index contributed by atoms with van der Waals surface area (Å²) in [6, 6.07) is 12.8. The summed E-state index contributed by atoms with van der Waals surface area (Å²) >= 11 is 12.5. The first-order chi connectivity index (χ1) is 10.1. The Labute approximate surface area is 135 Å². The van der Waals surface area contributed by atoms with Crippen LogP contribution in [0.3, 0.4) is 0 Å². The predicted octanol–water partition coefficient (Wildman–Crippen LogP) is 5.14. The highest BCUT2D eigenvalue weighted by Crippen LogP contribution is 2.34. The van der Waals surface area contributed by atoms with Crippen molar-refractivity contribution in [3.63, 3.8) is 0 Å². The van der Waals surface area contributed by atoms with Crippen molar-refractivity contribution in [2.24, 2.45) is 0 Å². The molecule has 0 radical (unpaired) electrons. The van der Waals surface area contributed by atoms with Crippen molar-refractivity contribution in [3.8, 4) is 11.1 Å². The summed E-state index contributed by atoms with van der Waals surface area (Å²) in [5.41, 5.74) is 2.26. The largest absolute Gasteiger partial charge is 0.339 e. The second-order valence-corrected chi connectivity index (χ2v) is 5.47. The fraction of sp³-hybridized carbons (Fsp3) is 0.235. The van der Waals surface area contributed by atoms with Gasteiger partial charge in [0.1, 0.15) is 0 Å². The average molecular weight is 322 g/mol. The summed E-state index contributed by atoms with van der Waals surface area (Å²) in [5.74, 6) is 0.0185. The molecule has 0 saturated carbocycles. The zero-order chi connectivity index (χ0) is 15.4. The maximum atomic E-state index is 12.4. The molecule has 2 aromatic carbocycles. The molecule has 0 aliphatic carbocycles. The molecule has 0 unspecified atom stereocenters. The van der Waals surface area contributed by atoms with E-state index in [1.165, 1.54) is 0 Å². The fourth-order valence-electron chi connectivity index (χ4n) is 2.27. The van der Waals surface area contributed by atoms with Crippen molar-refractivity contribution in [2.45, 2.75) is 13.8 Å². The number of hydrogen-bond donors (Lipinski definition) is 0. The van der Waals surface area contributed by atoms with Gasteiger partial charge >= 0.3 is 0 Å². The van der Waals surface area contributed by atoms with Gasteiger partial charge in [-0.2, -0.15) is 0 Å². The van der Waals surface area contributed by atoms with E-state index in [0.717, 1.165) is 11.1 Å². The van der Waals surface area contributed by atoms with E-state index >= 15 is 0 Å². The van der Waals surface area contributed by atoms with Gasteiger partial charge in [0.25, 0.3) is 5.91 Å². The van der Waals surface area contributed by atoms with Crippen molar-refractivity contribution in [1.29, 1.82) is 0 Å². The number of carbonyl (C=O) groups excluding carboxylic acids is 1. The molecule has 0 N–H and O–H groups in total. The highest BCUT2D eigenvalue weighted by molar-refractivity contribution is 6.39. The van der Waals surface area contributed by atoms with Crippen LogP contribution in [0, 0.1) is 0 Å². The number of hydrogen-bond acceptors (Lipinski definition) is 1. The van der Waals surface area contributed by atoms with E-state index in [1.807, 2.05) is 38.1 Å². The molecule has 0 spiro atoms. The summed E-state index contributed by atoms with van der Waals surface area (Å²) in [6.45, 7) is 5.31. The molecule has 0 bridgehead atoms. The van der Waals surface area contributed by atoms with Crippen LogP contribution < -0.4 is 0 Å². The van der Waals surface area contributed by atoms with Crippen LogP contribution in [0.2, 0.25) is 10.0 Å². The molecule has 2 rings (SSSR count). The zero-order valence-electron chi connectivity index (χ0n) is 12.1. The van der Waals surface area contributed by atoms with Gasteiger partial charge in [0.2, 0.25) is 0 Å². The van der Waals surface area contributed by atoms with Gasteiger partial charge < -0.3 is 4.90 Å². The maximum absolute atomic E-state index is 12.4. The lowest BCUT2D eigenvalue weighted by Crippen LogP contribution is -2.30. The van der Waals surface area contributed by atoms with Crippen LogP contribution in [0.1, 0.15) is 24.2 Å². The quantitative estimate of drug-likeness (QED) is 0.763. The molecular weight excluding hydrogens is 305 g/mol. The number of amides is 1. The molecule has 0 saturated heterocycles. The third-order valence-corrected chi connectivity index (χ3v) is 4.04. The van der Waals surface area contributed by atoms with Crippen LogP contribution in [0.15, 0.2) is 42.5 Å². The van der Waals surface area contributed by atoms with Gasteiger partial charge in [-0.1, -0.05) is 41.4 Å². The lowest BCUT2D eigenvalue weighted by Gasteiger charge is -2.19. The van der Waals surface area contributed by atoms with Crippen molar-refractivity contribution in [3.05, 3.63) is 58.1 Å². The molecule has 2 aromatic rings. The normalized spacial score (nSPS) is 10.5. The number of halogens is 2. The van der Waals surface area contributed by atoms with E-state index < -0.39 is 0 Å². The van der Waals surface area contributed by atoms with Gasteiger partial charge in [-0.25, -0.2) is 0 Å². The van der Waals surface area contributed by atoms with Crippen LogP contribution >= 0.6 is 23.2 Å². The first-order valence-corrected chi connectivity index (χ1v) is 7.67. The Morgan fingerprint density at radius 3 is 2.14 bits per heavy atom. The summed E-state index contributed by atoms with van der Waals surface area (Å²) in [4.78, 5) is 14.2. The van der Waals surface area contributed by atoms with Crippen LogP contribution in [0.25, 0.3) is 11.1 Å². The Kier molecular flexibility index (Phi) is 5.27. The van der Waals surface area contributed by atoms with E-state index in [-0.39, 0.29) is 5.91 Å². The van der Waals surface area contributed by atoms with E-state index in [2.05, 4.69) is 0 Å². The molecule has 21 heavy (non-hydrogen) atoms. The van der Waals surface area contributed by atoms with Crippen LogP contribution in [0.5, 0.6) is 0 Å². The molecule has 0 aromatic heterocycles. The van der Waals surface area contributed by atoms with E-state index in [1.54, 1.807) is 23.1 Å². The molecule has 0 aliphatic heterocycles. The third-order valence-electron chi connectivity index (χ3n) is 3.41. The smallest absolute Gasteiger partial charge is 0.253 e. The van der Waals surface area contributed by atoms with Gasteiger partial charge in [-0.05, 0) is 43.7 Å². The Bertz CT molecular complexity index is 631. The zero-order valence-corrected chi connectivity index (χ0v) is 13.6. The summed E-state index contributed by atoms with van der Waals surface area (Å²) < 4.78 is 0. The average Bonchev–Trinajstić information content (AvgIpc) is 2.48. The van der Waals surface area contributed by atoms with Crippen LogP contribution in [0.4, 0.5) is 0 Å². The first kappa shape index (κ1) is 15.9. The standard InChI is InChI=1S/C17H17Cl2NO/c1-3-20(4-2)17(21)13-8-5-7-12(11-13)16-14(18)9-6-10-15(16)19/h5-11H,3-4H2,1-2H3. The molecule has 0 fully saturated rings. The number of carbonyl (C=O) groups is 1. The number of rotatable bonds is 4. The lowest BCUT2D eigenvalue weighted by atomic mass is 10.0. The van der Waals surface area contributed by atoms with E-state index in [0.29, 0.717) is 28.7 Å². The fourth-order valence-corrected chi connectivity index (χ4v) is 2.89. The molecule has 4 heteroatoms. The maximum Gasteiger partial charge on any atom is 0.253 e. The minimum Gasteiger partial charge on any atom is -0.339 e. The topological polar surface area (TPSA) is 20.3 Å². The molecule has 1 amide bonds. The highest BCUT2D eigenvalue weighted by Gasteiger charge is 2.14. The van der Waals surface area contributed by atoms with Crippen molar-refractivity contribution in [2.75, 3.05) is 13.1 Å². The van der Waals surface area contributed by atoms with Crippen LogP contribution in [-0.4, -0.2) is 23.9 Å². The Morgan fingerprint density at radius 2 is 1.57 bits per heavy atom. The minimum absolute atomic E-state index is 0.0185. The van der Waals surface area contributed by atoms with Crippen molar-refractivity contribution < 1.29 is 4.79 Å². The van der Waals surface area contributed by atoms with Crippen molar-refractivity contribution in [1.82, 2.24) is 4.90 Å². The van der Waals surface area contributed by atoms with Gasteiger partial charge in [0, 0.05) is 34.3 Å². The Morgan fingerprint density at radius 1 is 1.00 bits per heavy atom. The second kappa shape index (κ2) is 6.97. The molecule has 0 heterocycles. The van der Waals surface area contributed by atoms with Gasteiger partial charge in [-0.15, -0.1) is 0 Å². The van der Waals surface area contributed by atoms with E-state index in [9.17, 15) is 4.79 Å².